The number of amides is 1. The smallest absolute Gasteiger partial charge is 0.310 e. The van der Waals surface area contributed by atoms with Gasteiger partial charge < -0.3 is 9.64 Å². The van der Waals surface area contributed by atoms with Gasteiger partial charge in [0.15, 0.2) is 0 Å². The Balaban J connectivity index is 2.91. The summed E-state index contributed by atoms with van der Waals surface area (Å²) in [6.07, 6.45) is 3.10. The van der Waals surface area contributed by atoms with Crippen molar-refractivity contribution in [2.45, 2.75) is 59.3 Å². The first-order valence-corrected chi connectivity index (χ1v) is 9.18. The molecule has 0 saturated carbocycles. The highest BCUT2D eigenvalue weighted by Gasteiger charge is 2.23. The molecule has 0 aliphatic carbocycles. The van der Waals surface area contributed by atoms with Crippen LogP contribution in [0.5, 0.6) is 0 Å². The molecular weight excluding hydrogens is 314 g/mol. The zero-order chi connectivity index (χ0) is 19.0. The number of rotatable bonds is 8. The minimum Gasteiger partial charge on any atom is -0.469 e. The molecule has 0 bridgehead atoms. The zero-order valence-electron chi connectivity index (χ0n) is 16.6. The van der Waals surface area contributed by atoms with Crippen molar-refractivity contribution in [3.05, 3.63) is 35.4 Å². The number of hydrogen-bond donors (Lipinski definition) is 0. The van der Waals surface area contributed by atoms with Crippen molar-refractivity contribution in [1.82, 2.24) is 4.90 Å². The predicted octanol–water partition coefficient (Wildman–Crippen LogP) is 4.43. The molecule has 1 rings (SSSR count). The highest BCUT2D eigenvalue weighted by molar-refractivity contribution is 5.94. The van der Waals surface area contributed by atoms with Gasteiger partial charge in [-0.3, -0.25) is 9.59 Å². The molecule has 4 nitrogen and oxygen atoms in total. The predicted molar refractivity (Wildman–Crippen MR) is 102 cm³/mol. The number of esters is 1. The number of carbonyl (C=O) groups excluding carboxylic acids is 2. The van der Waals surface area contributed by atoms with Crippen LogP contribution in [0.1, 0.15) is 69.8 Å². The van der Waals surface area contributed by atoms with Crippen LogP contribution in [0.15, 0.2) is 24.3 Å². The first kappa shape index (κ1) is 21.2. The van der Waals surface area contributed by atoms with Crippen molar-refractivity contribution in [2.75, 3.05) is 20.2 Å². The summed E-state index contributed by atoms with van der Waals surface area (Å²) in [4.78, 5) is 26.4. The van der Waals surface area contributed by atoms with Gasteiger partial charge in [0.25, 0.3) is 5.91 Å². The van der Waals surface area contributed by atoms with E-state index in [1.165, 1.54) is 12.7 Å². The van der Waals surface area contributed by atoms with Crippen molar-refractivity contribution in [3.8, 4) is 0 Å². The lowest BCUT2D eigenvalue weighted by Crippen LogP contribution is -2.38. The molecule has 1 amide bonds. The van der Waals surface area contributed by atoms with E-state index in [9.17, 15) is 9.59 Å². The van der Waals surface area contributed by atoms with Crippen molar-refractivity contribution < 1.29 is 14.3 Å². The summed E-state index contributed by atoms with van der Waals surface area (Å²) in [7, 11) is 1.38. The summed E-state index contributed by atoms with van der Waals surface area (Å²) < 4.78 is 4.80. The summed E-state index contributed by atoms with van der Waals surface area (Å²) in [5.74, 6) is -0.631. The van der Waals surface area contributed by atoms with E-state index in [2.05, 4.69) is 27.7 Å². The van der Waals surface area contributed by atoms with Gasteiger partial charge in [-0.05, 0) is 29.5 Å². The number of benzene rings is 1. The minimum atomic E-state index is -0.329. The van der Waals surface area contributed by atoms with Crippen LogP contribution in [-0.2, 0) is 14.9 Å². The second kappa shape index (κ2) is 9.59. The molecular formula is C21H33NO3. The lowest BCUT2D eigenvalue weighted by molar-refractivity contribution is -0.145. The minimum absolute atomic E-state index is 0.0210. The normalized spacial score (nSPS) is 12.6. The molecule has 1 aromatic rings. The highest BCUT2D eigenvalue weighted by atomic mass is 16.5. The van der Waals surface area contributed by atoms with Crippen LogP contribution in [-0.4, -0.2) is 37.0 Å². The number of unbranched alkanes of at least 4 members (excludes halogenated alkanes) is 2. The maximum atomic E-state index is 12.9. The van der Waals surface area contributed by atoms with Gasteiger partial charge >= 0.3 is 5.97 Å². The third-order valence-corrected chi connectivity index (χ3v) is 4.41. The third kappa shape index (κ3) is 6.52. The molecule has 0 aromatic heterocycles. The van der Waals surface area contributed by atoms with Crippen LogP contribution >= 0.6 is 0 Å². The van der Waals surface area contributed by atoms with Crippen molar-refractivity contribution in [3.63, 3.8) is 0 Å². The number of ether oxygens (including phenoxy) is 1. The highest BCUT2D eigenvalue weighted by Crippen LogP contribution is 2.22. The van der Waals surface area contributed by atoms with Crippen LogP contribution in [0, 0.1) is 5.92 Å². The van der Waals surface area contributed by atoms with Crippen LogP contribution in [0.2, 0.25) is 0 Å². The Morgan fingerprint density at radius 1 is 1.12 bits per heavy atom. The van der Waals surface area contributed by atoms with Gasteiger partial charge in [0, 0.05) is 18.7 Å². The molecule has 0 spiro atoms. The SMILES string of the molecule is CCCCCN(CC(C)C(=O)OC)C(=O)c1ccc(C(C)(C)C)cc1. The molecule has 0 fully saturated rings. The van der Waals surface area contributed by atoms with E-state index in [-0.39, 0.29) is 23.2 Å². The van der Waals surface area contributed by atoms with Gasteiger partial charge in [-0.2, -0.15) is 0 Å². The Bertz CT molecular complexity index is 557. The standard InChI is InChI=1S/C21H33NO3/c1-7-8-9-14-22(15-16(2)20(24)25-6)19(23)17-10-12-18(13-11-17)21(3,4)5/h10-13,16H,7-9,14-15H2,1-6H3. The summed E-state index contributed by atoms with van der Waals surface area (Å²) >= 11 is 0. The molecule has 0 heterocycles. The molecule has 1 unspecified atom stereocenters. The first-order valence-electron chi connectivity index (χ1n) is 9.18. The maximum absolute atomic E-state index is 12.9. The molecule has 0 radical (unpaired) electrons. The number of nitrogens with zero attached hydrogens (tertiary/aromatic N) is 1. The quantitative estimate of drug-likeness (QED) is 0.516. The Labute approximate surface area is 152 Å². The largest absolute Gasteiger partial charge is 0.469 e. The lowest BCUT2D eigenvalue weighted by atomic mass is 9.86. The summed E-state index contributed by atoms with van der Waals surface area (Å²) in [5.41, 5.74) is 1.92. The van der Waals surface area contributed by atoms with Crippen molar-refractivity contribution in [2.24, 2.45) is 5.92 Å². The third-order valence-electron chi connectivity index (χ3n) is 4.41. The molecule has 4 heteroatoms. The maximum Gasteiger partial charge on any atom is 0.310 e. The molecule has 1 atom stereocenters. The lowest BCUT2D eigenvalue weighted by Gasteiger charge is -2.26. The first-order chi connectivity index (χ1) is 11.7. The van der Waals surface area contributed by atoms with Gasteiger partial charge in [-0.15, -0.1) is 0 Å². The van der Waals surface area contributed by atoms with Crippen LogP contribution in [0.3, 0.4) is 0 Å². The summed E-state index contributed by atoms with van der Waals surface area (Å²) in [5, 5.41) is 0. The summed E-state index contributed by atoms with van der Waals surface area (Å²) in [6.45, 7) is 11.4. The Hall–Kier alpha value is -1.84. The number of methoxy groups -OCH3 is 1. The zero-order valence-corrected chi connectivity index (χ0v) is 16.6. The average Bonchev–Trinajstić information content (AvgIpc) is 2.58. The van der Waals surface area contributed by atoms with Gasteiger partial charge in [-0.25, -0.2) is 0 Å². The molecule has 0 saturated heterocycles. The van der Waals surface area contributed by atoms with E-state index >= 15 is 0 Å². The van der Waals surface area contributed by atoms with Crippen LogP contribution in [0.4, 0.5) is 0 Å². The summed E-state index contributed by atoms with van der Waals surface area (Å²) in [6, 6.07) is 7.81. The molecule has 25 heavy (non-hydrogen) atoms. The Kier molecular flexibility index (Phi) is 8.14. The second-order valence-corrected chi connectivity index (χ2v) is 7.71. The van der Waals surface area contributed by atoms with Gasteiger partial charge in [0.05, 0.1) is 13.0 Å². The second-order valence-electron chi connectivity index (χ2n) is 7.71. The topological polar surface area (TPSA) is 46.6 Å². The molecule has 0 N–H and O–H groups in total. The van der Waals surface area contributed by atoms with E-state index in [4.69, 9.17) is 4.74 Å². The number of carbonyl (C=O) groups is 2. The van der Waals surface area contributed by atoms with E-state index in [0.717, 1.165) is 19.3 Å². The van der Waals surface area contributed by atoms with Gasteiger partial charge in [0.2, 0.25) is 0 Å². The fourth-order valence-electron chi connectivity index (χ4n) is 2.73. The van der Waals surface area contributed by atoms with Gasteiger partial charge in [0.1, 0.15) is 0 Å². The van der Waals surface area contributed by atoms with E-state index < -0.39 is 0 Å². The molecule has 1 aromatic carbocycles. The van der Waals surface area contributed by atoms with Gasteiger partial charge in [-0.1, -0.05) is 59.6 Å². The van der Waals surface area contributed by atoms with Crippen molar-refractivity contribution in [1.29, 1.82) is 0 Å². The van der Waals surface area contributed by atoms with Crippen LogP contribution < -0.4 is 0 Å². The Morgan fingerprint density at radius 2 is 1.72 bits per heavy atom. The monoisotopic (exact) mass is 347 g/mol. The average molecular weight is 347 g/mol. The molecule has 0 aliphatic heterocycles. The molecule has 0 aliphatic rings. The fraction of sp³-hybridized carbons (Fsp3) is 0.619. The van der Waals surface area contributed by atoms with Crippen LogP contribution in [0.25, 0.3) is 0 Å². The fourth-order valence-corrected chi connectivity index (χ4v) is 2.73. The van der Waals surface area contributed by atoms with E-state index in [0.29, 0.717) is 18.7 Å². The van der Waals surface area contributed by atoms with E-state index in [1.807, 2.05) is 24.3 Å². The Morgan fingerprint density at radius 3 is 2.20 bits per heavy atom. The van der Waals surface area contributed by atoms with Crippen molar-refractivity contribution >= 4 is 11.9 Å². The molecule has 140 valence electrons. The number of hydrogen-bond acceptors (Lipinski definition) is 3. The van der Waals surface area contributed by atoms with E-state index in [1.54, 1.807) is 11.8 Å².